The van der Waals surface area contributed by atoms with Crippen molar-refractivity contribution in [2.75, 3.05) is 7.11 Å². The summed E-state index contributed by atoms with van der Waals surface area (Å²) in [5, 5.41) is 0. The molecule has 0 unspecified atom stereocenters. The Labute approximate surface area is 89.3 Å². The Bertz CT molecular complexity index is 226. The van der Waals surface area contributed by atoms with Gasteiger partial charge in [-0.1, -0.05) is 18.2 Å². The van der Waals surface area contributed by atoms with Crippen molar-refractivity contribution in [3.63, 3.8) is 0 Å². The third-order valence-electron chi connectivity index (χ3n) is 1.19. The van der Waals surface area contributed by atoms with Crippen molar-refractivity contribution in [1.29, 1.82) is 0 Å². The number of ether oxygens (including phenoxy) is 1. The van der Waals surface area contributed by atoms with E-state index in [4.69, 9.17) is 0 Å². The SMILES string of the molecule is COC(=O)c1ccccc1.[H-].[Na+]. The van der Waals surface area contributed by atoms with Crippen LogP contribution in [0.3, 0.4) is 0 Å². The molecule has 0 atom stereocenters. The second kappa shape index (κ2) is 5.35. The molecule has 0 aliphatic heterocycles. The van der Waals surface area contributed by atoms with Gasteiger partial charge in [0.05, 0.1) is 12.7 Å². The van der Waals surface area contributed by atoms with Crippen LogP contribution in [-0.4, -0.2) is 13.1 Å². The third-order valence-corrected chi connectivity index (χ3v) is 1.19. The summed E-state index contributed by atoms with van der Waals surface area (Å²) in [5.74, 6) is -0.291. The van der Waals surface area contributed by atoms with Gasteiger partial charge in [-0.2, -0.15) is 0 Å². The molecule has 0 saturated heterocycles. The molecule has 0 aliphatic rings. The van der Waals surface area contributed by atoms with Crippen LogP contribution >= 0.6 is 0 Å². The Morgan fingerprint density at radius 2 is 1.91 bits per heavy atom. The molecule has 1 rings (SSSR count). The van der Waals surface area contributed by atoms with Crippen LogP contribution in [0.25, 0.3) is 0 Å². The van der Waals surface area contributed by atoms with E-state index in [1.165, 1.54) is 7.11 Å². The quantitative estimate of drug-likeness (QED) is 0.372. The molecule has 0 fully saturated rings. The summed E-state index contributed by atoms with van der Waals surface area (Å²) >= 11 is 0. The van der Waals surface area contributed by atoms with Crippen molar-refractivity contribution in [3.8, 4) is 0 Å². The van der Waals surface area contributed by atoms with E-state index >= 15 is 0 Å². The number of methoxy groups -OCH3 is 1. The largest absolute Gasteiger partial charge is 1.00 e. The number of esters is 1. The minimum atomic E-state index is -0.291. The van der Waals surface area contributed by atoms with Crippen molar-refractivity contribution < 1.29 is 40.5 Å². The van der Waals surface area contributed by atoms with E-state index in [1.807, 2.05) is 6.07 Å². The average Bonchev–Trinajstić information content (AvgIpc) is 2.05. The molecule has 2 nitrogen and oxygen atoms in total. The first-order chi connectivity index (χ1) is 4.84. The van der Waals surface area contributed by atoms with E-state index in [-0.39, 0.29) is 37.0 Å². The second-order valence-corrected chi connectivity index (χ2v) is 1.86. The standard InChI is InChI=1S/C8H8O2.Na.H/c1-10-8(9)7-5-3-2-4-6-7;;/h2-6H,1H3;;/q;+1;-1. The van der Waals surface area contributed by atoms with E-state index in [2.05, 4.69) is 4.74 Å². The molecule has 1 aromatic rings. The van der Waals surface area contributed by atoms with Crippen LogP contribution in [0.4, 0.5) is 0 Å². The van der Waals surface area contributed by atoms with Gasteiger partial charge in [-0.05, 0) is 12.1 Å². The van der Waals surface area contributed by atoms with E-state index in [0.29, 0.717) is 5.56 Å². The predicted molar refractivity (Wildman–Crippen MR) is 38.9 cm³/mol. The van der Waals surface area contributed by atoms with Gasteiger partial charge >= 0.3 is 35.5 Å². The minimum absolute atomic E-state index is 0. The number of carbonyl (C=O) groups is 1. The zero-order valence-electron chi connectivity index (χ0n) is 7.70. The topological polar surface area (TPSA) is 26.3 Å². The maximum atomic E-state index is 10.8. The second-order valence-electron chi connectivity index (χ2n) is 1.86. The molecule has 0 bridgehead atoms. The fraction of sp³-hybridized carbons (Fsp3) is 0.125. The first-order valence-corrected chi connectivity index (χ1v) is 2.98. The molecular formula is C8H9NaO2. The maximum Gasteiger partial charge on any atom is 1.00 e. The van der Waals surface area contributed by atoms with Gasteiger partial charge in [0.1, 0.15) is 0 Å². The number of hydrogen-bond donors (Lipinski definition) is 0. The molecule has 0 spiro atoms. The number of hydrogen-bond acceptors (Lipinski definition) is 2. The molecule has 3 heteroatoms. The molecule has 1 aromatic carbocycles. The van der Waals surface area contributed by atoms with Crippen LogP contribution in [-0.2, 0) is 4.74 Å². The van der Waals surface area contributed by atoms with Gasteiger partial charge in [0, 0.05) is 0 Å². The van der Waals surface area contributed by atoms with Gasteiger partial charge in [-0.3, -0.25) is 0 Å². The Kier molecular flexibility index (Phi) is 5.20. The van der Waals surface area contributed by atoms with Gasteiger partial charge in [0.25, 0.3) is 0 Å². The normalized spacial score (nSPS) is 8.09. The Morgan fingerprint density at radius 3 is 2.36 bits per heavy atom. The molecule has 0 N–H and O–H groups in total. The van der Waals surface area contributed by atoms with Crippen LogP contribution in [0, 0.1) is 0 Å². The zero-order valence-corrected chi connectivity index (χ0v) is 8.70. The summed E-state index contributed by atoms with van der Waals surface area (Å²) in [7, 11) is 1.37. The molecule has 11 heavy (non-hydrogen) atoms. The van der Waals surface area contributed by atoms with Crippen molar-refractivity contribution in [3.05, 3.63) is 35.9 Å². The van der Waals surface area contributed by atoms with Crippen LogP contribution in [0.1, 0.15) is 11.8 Å². The van der Waals surface area contributed by atoms with Gasteiger partial charge < -0.3 is 6.16 Å². The Balaban J connectivity index is 0. The number of benzene rings is 1. The summed E-state index contributed by atoms with van der Waals surface area (Å²) < 4.78 is 4.50. The van der Waals surface area contributed by atoms with Gasteiger partial charge in [0.2, 0.25) is 0 Å². The van der Waals surface area contributed by atoms with Crippen LogP contribution in [0.5, 0.6) is 0 Å². The number of carbonyl (C=O) groups excluding carboxylic acids is 1. The van der Waals surface area contributed by atoms with Crippen LogP contribution in [0.2, 0.25) is 0 Å². The predicted octanol–water partition coefficient (Wildman–Crippen LogP) is -1.41. The summed E-state index contributed by atoms with van der Waals surface area (Å²) in [4.78, 5) is 10.8. The first kappa shape index (κ1) is 10.7. The van der Waals surface area contributed by atoms with E-state index in [1.54, 1.807) is 24.3 Å². The van der Waals surface area contributed by atoms with Crippen LogP contribution < -0.4 is 29.6 Å². The summed E-state index contributed by atoms with van der Waals surface area (Å²) in [6.07, 6.45) is 0. The number of rotatable bonds is 1. The Hall–Kier alpha value is -0.310. The molecule has 0 aromatic heterocycles. The monoisotopic (exact) mass is 160 g/mol. The summed E-state index contributed by atoms with van der Waals surface area (Å²) in [6, 6.07) is 8.88. The van der Waals surface area contributed by atoms with Gasteiger partial charge in [-0.25, -0.2) is 4.79 Å². The van der Waals surface area contributed by atoms with Crippen molar-refractivity contribution >= 4 is 5.97 Å². The Morgan fingerprint density at radius 1 is 1.36 bits per heavy atom. The maximum absolute atomic E-state index is 10.8. The van der Waals surface area contributed by atoms with E-state index in [0.717, 1.165) is 0 Å². The summed E-state index contributed by atoms with van der Waals surface area (Å²) in [6.45, 7) is 0. The van der Waals surface area contributed by atoms with Gasteiger partial charge in [-0.15, -0.1) is 0 Å². The summed E-state index contributed by atoms with van der Waals surface area (Å²) in [5.41, 5.74) is 0.588. The fourth-order valence-electron chi connectivity index (χ4n) is 0.692. The molecule has 54 valence electrons. The minimum Gasteiger partial charge on any atom is -1.00 e. The molecule has 0 heterocycles. The zero-order chi connectivity index (χ0) is 7.40. The van der Waals surface area contributed by atoms with Crippen molar-refractivity contribution in [2.45, 2.75) is 0 Å². The fourth-order valence-corrected chi connectivity index (χ4v) is 0.692. The van der Waals surface area contributed by atoms with E-state index < -0.39 is 0 Å². The van der Waals surface area contributed by atoms with Crippen LogP contribution in [0.15, 0.2) is 30.3 Å². The first-order valence-electron chi connectivity index (χ1n) is 2.98. The molecular weight excluding hydrogens is 151 g/mol. The van der Waals surface area contributed by atoms with E-state index in [9.17, 15) is 4.79 Å². The van der Waals surface area contributed by atoms with Crippen molar-refractivity contribution in [1.82, 2.24) is 0 Å². The van der Waals surface area contributed by atoms with Gasteiger partial charge in [0.15, 0.2) is 0 Å². The van der Waals surface area contributed by atoms with Crippen molar-refractivity contribution in [2.24, 2.45) is 0 Å². The third kappa shape index (κ3) is 3.06. The smallest absolute Gasteiger partial charge is 1.00 e. The molecule has 0 saturated carbocycles. The molecule has 0 radical (unpaired) electrons. The molecule has 0 aliphatic carbocycles. The average molecular weight is 160 g/mol. The molecule has 0 amide bonds.